The van der Waals surface area contributed by atoms with Crippen molar-refractivity contribution >= 4 is 17.7 Å². The van der Waals surface area contributed by atoms with E-state index in [0.717, 1.165) is 12.2 Å². The van der Waals surface area contributed by atoms with Gasteiger partial charge in [0.15, 0.2) is 0 Å². The summed E-state index contributed by atoms with van der Waals surface area (Å²) in [5, 5.41) is 8.92. The van der Waals surface area contributed by atoms with E-state index < -0.39 is 5.97 Å². The first-order valence-corrected chi connectivity index (χ1v) is 8.19. The highest BCUT2D eigenvalue weighted by atomic mass is 32.2. The number of thioether (sulfide) groups is 1. The Morgan fingerprint density at radius 2 is 1.75 bits per heavy atom. The number of carbonyl (C=O) groups is 1. The lowest BCUT2D eigenvalue weighted by Gasteiger charge is -2.19. The second kappa shape index (κ2) is 7.16. The van der Waals surface area contributed by atoms with Gasteiger partial charge in [0.2, 0.25) is 0 Å². The maximum absolute atomic E-state index is 11.2. The molecular weight excluding hydrogens is 268 g/mol. The molecule has 0 aromatic heterocycles. The van der Waals surface area contributed by atoms with E-state index in [0.29, 0.717) is 5.92 Å². The third-order valence-corrected chi connectivity index (χ3v) is 4.53. The Labute approximate surface area is 127 Å². The molecule has 0 unspecified atom stereocenters. The molecule has 112 valence electrons. The quantitative estimate of drug-likeness (QED) is 0.825. The number of hydrogen-bond donors (Lipinski definition) is 1. The van der Waals surface area contributed by atoms with E-state index >= 15 is 0 Å². The van der Waals surface area contributed by atoms with Crippen molar-refractivity contribution in [2.45, 2.75) is 57.5 Å². The fourth-order valence-corrected chi connectivity index (χ4v) is 3.22. The van der Waals surface area contributed by atoms with Crippen molar-refractivity contribution in [1.29, 1.82) is 0 Å². The van der Waals surface area contributed by atoms with Gasteiger partial charge in [-0.25, -0.2) is 0 Å². The molecule has 20 heavy (non-hydrogen) atoms. The normalized spacial score (nSPS) is 13.5. The summed E-state index contributed by atoms with van der Waals surface area (Å²) in [7, 11) is 0. The smallest absolute Gasteiger partial charge is 0.316 e. The minimum absolute atomic E-state index is 0.160. The SMILES string of the molecule is CC(C)C[C@H](SCc1ccc(C(C)(C)C)cc1)C(=O)O. The monoisotopic (exact) mass is 294 g/mol. The topological polar surface area (TPSA) is 37.3 Å². The van der Waals surface area contributed by atoms with Gasteiger partial charge in [0, 0.05) is 5.75 Å². The average Bonchev–Trinajstić information content (AvgIpc) is 2.33. The number of hydrogen-bond acceptors (Lipinski definition) is 2. The van der Waals surface area contributed by atoms with Gasteiger partial charge in [0.25, 0.3) is 0 Å². The molecular formula is C17H26O2S. The zero-order valence-corrected chi connectivity index (χ0v) is 14.0. The maximum atomic E-state index is 11.2. The Morgan fingerprint density at radius 1 is 1.20 bits per heavy atom. The second-order valence-corrected chi connectivity index (χ2v) is 7.91. The van der Waals surface area contributed by atoms with Crippen molar-refractivity contribution in [2.24, 2.45) is 5.92 Å². The molecule has 0 amide bonds. The fourth-order valence-electron chi connectivity index (χ4n) is 1.97. The van der Waals surface area contributed by atoms with Crippen molar-refractivity contribution in [3.63, 3.8) is 0 Å². The molecule has 0 heterocycles. The highest BCUT2D eigenvalue weighted by Crippen LogP contribution is 2.26. The van der Waals surface area contributed by atoms with Gasteiger partial charge in [-0.05, 0) is 28.9 Å². The summed E-state index contributed by atoms with van der Waals surface area (Å²) < 4.78 is 0. The Morgan fingerprint density at radius 3 is 2.15 bits per heavy atom. The van der Waals surface area contributed by atoms with Gasteiger partial charge >= 0.3 is 5.97 Å². The van der Waals surface area contributed by atoms with Crippen LogP contribution in [0.4, 0.5) is 0 Å². The van der Waals surface area contributed by atoms with Crippen molar-refractivity contribution in [3.8, 4) is 0 Å². The number of carboxylic acids is 1. The van der Waals surface area contributed by atoms with Crippen LogP contribution in [0.25, 0.3) is 0 Å². The molecule has 0 aliphatic rings. The Bertz CT molecular complexity index is 429. The van der Waals surface area contributed by atoms with Gasteiger partial charge in [-0.15, -0.1) is 11.8 Å². The van der Waals surface area contributed by atoms with Crippen LogP contribution >= 0.6 is 11.8 Å². The second-order valence-electron chi connectivity index (χ2n) is 6.71. The van der Waals surface area contributed by atoms with Crippen LogP contribution in [0.5, 0.6) is 0 Å². The lowest BCUT2D eigenvalue weighted by molar-refractivity contribution is -0.136. The molecule has 0 saturated heterocycles. The zero-order chi connectivity index (χ0) is 15.3. The average molecular weight is 294 g/mol. The van der Waals surface area contributed by atoms with E-state index in [1.807, 2.05) is 0 Å². The summed E-state index contributed by atoms with van der Waals surface area (Å²) in [5.74, 6) is 0.468. The van der Waals surface area contributed by atoms with Gasteiger partial charge in [-0.2, -0.15) is 0 Å². The van der Waals surface area contributed by atoms with E-state index in [9.17, 15) is 9.90 Å². The minimum Gasteiger partial charge on any atom is -0.480 e. The molecule has 0 aliphatic carbocycles. The van der Waals surface area contributed by atoms with Crippen LogP contribution in [0.2, 0.25) is 0 Å². The van der Waals surface area contributed by atoms with Crippen LogP contribution in [-0.2, 0) is 16.0 Å². The number of rotatable bonds is 6. The Kier molecular flexibility index (Phi) is 6.12. The molecule has 0 fully saturated rings. The molecule has 1 aromatic rings. The first-order valence-electron chi connectivity index (χ1n) is 7.14. The maximum Gasteiger partial charge on any atom is 0.316 e. The molecule has 1 atom stereocenters. The van der Waals surface area contributed by atoms with Crippen LogP contribution in [0.1, 0.15) is 52.2 Å². The summed E-state index contributed by atoms with van der Waals surface area (Å²) in [6, 6.07) is 8.52. The summed E-state index contributed by atoms with van der Waals surface area (Å²) in [6.45, 7) is 10.7. The molecule has 0 aliphatic heterocycles. The third-order valence-electron chi connectivity index (χ3n) is 3.23. The summed E-state index contributed by atoms with van der Waals surface area (Å²) >= 11 is 1.52. The summed E-state index contributed by atoms with van der Waals surface area (Å²) in [6.07, 6.45) is 0.722. The highest BCUT2D eigenvalue weighted by molar-refractivity contribution is 7.99. The largest absolute Gasteiger partial charge is 0.480 e. The van der Waals surface area contributed by atoms with Crippen LogP contribution in [0, 0.1) is 5.92 Å². The Hall–Kier alpha value is -0.960. The van der Waals surface area contributed by atoms with Gasteiger partial charge in [0.1, 0.15) is 5.25 Å². The van der Waals surface area contributed by atoms with Crippen molar-refractivity contribution in [3.05, 3.63) is 35.4 Å². The summed E-state index contributed by atoms with van der Waals surface area (Å²) in [5.41, 5.74) is 2.66. The lowest BCUT2D eigenvalue weighted by Crippen LogP contribution is -2.18. The van der Waals surface area contributed by atoms with Crippen LogP contribution < -0.4 is 0 Å². The highest BCUT2D eigenvalue weighted by Gasteiger charge is 2.19. The van der Waals surface area contributed by atoms with Gasteiger partial charge in [0.05, 0.1) is 0 Å². The fraction of sp³-hybridized carbons (Fsp3) is 0.588. The number of aliphatic carboxylic acids is 1. The Balaban J connectivity index is 2.62. The number of carboxylic acid groups (broad SMARTS) is 1. The number of benzene rings is 1. The van der Waals surface area contributed by atoms with Crippen LogP contribution in [-0.4, -0.2) is 16.3 Å². The molecule has 0 radical (unpaired) electrons. The van der Waals surface area contributed by atoms with Crippen LogP contribution in [0.3, 0.4) is 0 Å². The molecule has 1 aromatic carbocycles. The third kappa shape index (κ3) is 5.58. The first kappa shape index (κ1) is 17.1. The molecule has 3 heteroatoms. The van der Waals surface area contributed by atoms with E-state index in [4.69, 9.17) is 0 Å². The molecule has 1 rings (SSSR count). The molecule has 0 spiro atoms. The molecule has 1 N–H and O–H groups in total. The van der Waals surface area contributed by atoms with E-state index in [1.54, 1.807) is 0 Å². The predicted molar refractivity (Wildman–Crippen MR) is 87.3 cm³/mol. The summed E-state index contributed by atoms with van der Waals surface area (Å²) in [4.78, 5) is 11.2. The zero-order valence-electron chi connectivity index (χ0n) is 13.1. The predicted octanol–water partition coefficient (Wildman–Crippen LogP) is 4.72. The van der Waals surface area contributed by atoms with Gasteiger partial charge in [-0.3, -0.25) is 4.79 Å². The van der Waals surface area contributed by atoms with Gasteiger partial charge < -0.3 is 5.11 Å². The lowest BCUT2D eigenvalue weighted by atomic mass is 9.87. The van der Waals surface area contributed by atoms with E-state index in [1.165, 1.54) is 22.9 Å². The van der Waals surface area contributed by atoms with Crippen LogP contribution in [0.15, 0.2) is 24.3 Å². The molecule has 0 bridgehead atoms. The molecule has 0 saturated carbocycles. The van der Waals surface area contributed by atoms with Crippen molar-refractivity contribution < 1.29 is 9.90 Å². The van der Waals surface area contributed by atoms with E-state index in [2.05, 4.69) is 58.9 Å². The molecule has 2 nitrogen and oxygen atoms in total. The minimum atomic E-state index is -0.699. The standard InChI is InChI=1S/C17H26O2S/c1-12(2)10-15(16(18)19)20-11-13-6-8-14(9-7-13)17(3,4)5/h6-9,12,15H,10-11H2,1-5H3,(H,18,19)/t15-/m0/s1. The first-order chi connectivity index (χ1) is 9.20. The van der Waals surface area contributed by atoms with Crippen molar-refractivity contribution in [1.82, 2.24) is 0 Å². The van der Waals surface area contributed by atoms with Gasteiger partial charge in [-0.1, -0.05) is 58.9 Å². The van der Waals surface area contributed by atoms with Crippen molar-refractivity contribution in [2.75, 3.05) is 0 Å². The van der Waals surface area contributed by atoms with E-state index in [-0.39, 0.29) is 10.7 Å².